The zero-order valence-corrected chi connectivity index (χ0v) is 15.9. The molecular formula is C21H23N5S. The van der Waals surface area contributed by atoms with Gasteiger partial charge in [-0.25, -0.2) is 4.98 Å². The topological polar surface area (TPSA) is 65.1 Å². The van der Waals surface area contributed by atoms with E-state index in [1.807, 2.05) is 24.4 Å². The molecular weight excluding hydrogens is 354 g/mol. The second-order valence-electron chi connectivity index (χ2n) is 6.46. The molecule has 1 aliphatic carbocycles. The lowest BCUT2D eigenvalue weighted by atomic mass is 10.1. The number of allylic oxidation sites excluding steroid dienone is 3. The molecule has 138 valence electrons. The lowest BCUT2D eigenvalue weighted by Crippen LogP contribution is -2.27. The summed E-state index contributed by atoms with van der Waals surface area (Å²) in [6.45, 7) is 2.52. The number of imidazole rings is 1. The Bertz CT molecular complexity index is 879. The number of hydrogen-bond donors (Lipinski definition) is 3. The normalized spacial score (nSPS) is 19.6. The largest absolute Gasteiger partial charge is 0.341 e. The lowest BCUT2D eigenvalue weighted by Gasteiger charge is -2.19. The van der Waals surface area contributed by atoms with Gasteiger partial charge in [-0.1, -0.05) is 54.6 Å². The van der Waals surface area contributed by atoms with Crippen LogP contribution in [0.4, 0.5) is 0 Å². The van der Waals surface area contributed by atoms with Crippen LogP contribution in [0.25, 0.3) is 11.4 Å². The Morgan fingerprint density at radius 3 is 3.04 bits per heavy atom. The van der Waals surface area contributed by atoms with Gasteiger partial charge in [0.25, 0.3) is 0 Å². The summed E-state index contributed by atoms with van der Waals surface area (Å²) in [5, 5.41) is 3.46. The van der Waals surface area contributed by atoms with Crippen LogP contribution in [0.2, 0.25) is 0 Å². The first-order valence-corrected chi connectivity index (χ1v) is 10.0. The summed E-state index contributed by atoms with van der Waals surface area (Å²) in [6.07, 6.45) is 13.6. The smallest absolute Gasteiger partial charge is 0.137 e. The molecule has 0 spiro atoms. The predicted molar refractivity (Wildman–Crippen MR) is 113 cm³/mol. The molecule has 2 aromatic rings. The van der Waals surface area contributed by atoms with Crippen molar-refractivity contribution in [2.75, 3.05) is 13.1 Å². The monoisotopic (exact) mass is 377 g/mol. The number of aromatic nitrogens is 2. The van der Waals surface area contributed by atoms with Gasteiger partial charge in [-0.05, 0) is 31.0 Å². The van der Waals surface area contributed by atoms with Gasteiger partial charge in [-0.3, -0.25) is 4.99 Å². The fourth-order valence-electron chi connectivity index (χ4n) is 3.00. The number of aliphatic imine (C=N–C) groups is 1. The van der Waals surface area contributed by atoms with Crippen LogP contribution >= 0.6 is 11.9 Å². The minimum absolute atomic E-state index is 0.269. The van der Waals surface area contributed by atoms with Crippen molar-refractivity contribution in [2.24, 2.45) is 10.9 Å². The van der Waals surface area contributed by atoms with E-state index >= 15 is 0 Å². The molecule has 0 amide bonds. The van der Waals surface area contributed by atoms with Crippen LogP contribution < -0.4 is 10.0 Å². The summed E-state index contributed by atoms with van der Waals surface area (Å²) < 4.78 is 3.36. The Labute approximate surface area is 163 Å². The average molecular weight is 378 g/mol. The van der Waals surface area contributed by atoms with E-state index in [2.05, 4.69) is 62.5 Å². The number of H-pyrrole nitrogens is 1. The van der Waals surface area contributed by atoms with Crippen molar-refractivity contribution in [2.45, 2.75) is 13.0 Å². The fraction of sp³-hybridized carbons (Fsp3) is 0.238. The maximum absolute atomic E-state index is 4.73. The van der Waals surface area contributed by atoms with E-state index in [4.69, 9.17) is 4.99 Å². The first-order chi connectivity index (χ1) is 13.4. The fourth-order valence-corrected chi connectivity index (χ4v) is 3.78. The number of aromatic amines is 1. The van der Waals surface area contributed by atoms with Crippen LogP contribution in [-0.4, -0.2) is 28.9 Å². The van der Waals surface area contributed by atoms with Crippen molar-refractivity contribution in [3.8, 4) is 11.4 Å². The molecule has 1 atom stereocenters. The summed E-state index contributed by atoms with van der Waals surface area (Å²) in [5.41, 5.74) is 2.21. The summed E-state index contributed by atoms with van der Waals surface area (Å²) in [7, 11) is 0. The number of rotatable bonds is 7. The van der Waals surface area contributed by atoms with E-state index in [1.165, 1.54) is 4.91 Å². The van der Waals surface area contributed by atoms with Crippen molar-refractivity contribution in [1.29, 1.82) is 0 Å². The Morgan fingerprint density at radius 2 is 2.11 bits per heavy atom. The van der Waals surface area contributed by atoms with E-state index in [-0.39, 0.29) is 5.92 Å². The third-order valence-corrected chi connectivity index (χ3v) is 5.23. The number of hydrogen-bond acceptors (Lipinski definition) is 4. The van der Waals surface area contributed by atoms with Crippen LogP contribution in [-0.2, 0) is 6.54 Å². The number of amidine groups is 1. The van der Waals surface area contributed by atoms with Gasteiger partial charge >= 0.3 is 0 Å². The number of benzene rings is 1. The molecule has 2 heterocycles. The SMILES string of the molecule is C1=CC2=CC(C=C1)C(=NCCCNCc1cnc(-c3ccccc3)[nH]1)NS2. The van der Waals surface area contributed by atoms with Crippen LogP contribution in [0, 0.1) is 5.92 Å². The quantitative estimate of drug-likeness (QED) is 0.507. The molecule has 27 heavy (non-hydrogen) atoms. The molecule has 3 N–H and O–H groups in total. The van der Waals surface area contributed by atoms with Crippen molar-refractivity contribution in [3.05, 3.63) is 77.5 Å². The molecule has 2 bridgehead atoms. The molecule has 1 aromatic heterocycles. The van der Waals surface area contributed by atoms with Gasteiger partial charge in [-0.15, -0.1) is 0 Å². The number of fused-ring (bicyclic) bond motifs is 1. The second-order valence-corrected chi connectivity index (χ2v) is 7.34. The average Bonchev–Trinajstić information content (AvgIpc) is 3.10. The predicted octanol–water partition coefficient (Wildman–Crippen LogP) is 3.83. The third kappa shape index (κ3) is 4.78. The molecule has 0 saturated carbocycles. The van der Waals surface area contributed by atoms with Gasteiger partial charge in [0.15, 0.2) is 0 Å². The maximum Gasteiger partial charge on any atom is 0.137 e. The molecule has 1 aromatic carbocycles. The highest BCUT2D eigenvalue weighted by molar-refractivity contribution is 8.02. The number of nitrogens with one attached hydrogen (secondary N) is 3. The molecule has 5 nitrogen and oxygen atoms in total. The molecule has 0 fully saturated rings. The van der Waals surface area contributed by atoms with Crippen molar-refractivity contribution in [1.82, 2.24) is 20.0 Å². The summed E-state index contributed by atoms with van der Waals surface area (Å²) in [4.78, 5) is 13.8. The van der Waals surface area contributed by atoms with Crippen molar-refractivity contribution < 1.29 is 0 Å². The van der Waals surface area contributed by atoms with Gasteiger partial charge in [0, 0.05) is 35.4 Å². The van der Waals surface area contributed by atoms with E-state index < -0.39 is 0 Å². The highest BCUT2D eigenvalue weighted by atomic mass is 32.2. The zero-order valence-electron chi connectivity index (χ0n) is 15.1. The van der Waals surface area contributed by atoms with Gasteiger partial charge in [0.1, 0.15) is 11.7 Å². The maximum atomic E-state index is 4.73. The van der Waals surface area contributed by atoms with Crippen LogP contribution in [0.3, 0.4) is 0 Å². The van der Waals surface area contributed by atoms with Crippen LogP contribution in [0.5, 0.6) is 0 Å². The first-order valence-electron chi connectivity index (χ1n) is 9.22. The number of nitrogens with zero attached hydrogens (tertiary/aromatic N) is 2. The molecule has 0 radical (unpaired) electrons. The van der Waals surface area contributed by atoms with E-state index in [1.54, 1.807) is 11.9 Å². The Morgan fingerprint density at radius 1 is 1.19 bits per heavy atom. The van der Waals surface area contributed by atoms with E-state index in [9.17, 15) is 0 Å². The Balaban J connectivity index is 1.20. The van der Waals surface area contributed by atoms with E-state index in [0.29, 0.717) is 0 Å². The zero-order chi connectivity index (χ0) is 18.3. The van der Waals surface area contributed by atoms with E-state index in [0.717, 1.165) is 49.0 Å². The molecule has 0 saturated heterocycles. The minimum Gasteiger partial charge on any atom is -0.341 e. The van der Waals surface area contributed by atoms with Gasteiger partial charge < -0.3 is 15.0 Å². The summed E-state index contributed by atoms with van der Waals surface area (Å²) in [6, 6.07) is 10.2. The van der Waals surface area contributed by atoms with Crippen molar-refractivity contribution >= 4 is 17.8 Å². The highest BCUT2D eigenvalue weighted by Gasteiger charge is 2.17. The summed E-state index contributed by atoms with van der Waals surface area (Å²) >= 11 is 1.63. The molecule has 2 aliphatic rings. The molecule has 4 rings (SSSR count). The third-order valence-electron chi connectivity index (χ3n) is 4.41. The van der Waals surface area contributed by atoms with Crippen LogP contribution in [0.1, 0.15) is 12.1 Å². The molecule has 1 aliphatic heterocycles. The summed E-state index contributed by atoms with van der Waals surface area (Å²) in [5.74, 6) is 2.23. The Kier molecular flexibility index (Phi) is 5.86. The molecule has 6 heteroatoms. The Hall–Kier alpha value is -2.57. The van der Waals surface area contributed by atoms with Gasteiger partial charge in [0.2, 0.25) is 0 Å². The minimum atomic E-state index is 0.269. The first kappa shape index (κ1) is 17.8. The van der Waals surface area contributed by atoms with Crippen LogP contribution in [0.15, 0.2) is 76.8 Å². The highest BCUT2D eigenvalue weighted by Crippen LogP contribution is 2.26. The lowest BCUT2D eigenvalue weighted by molar-refractivity contribution is 0.647. The second kappa shape index (κ2) is 8.88. The molecule has 1 unspecified atom stereocenters. The van der Waals surface area contributed by atoms with Gasteiger partial charge in [-0.2, -0.15) is 0 Å². The van der Waals surface area contributed by atoms with Crippen molar-refractivity contribution in [3.63, 3.8) is 0 Å². The standard InChI is InChI=1S/C21H23N5S/c1-2-7-16(8-3-1)20-24-15-18(25-20)14-22-11-6-12-23-21-17-9-4-5-10-19(13-17)27-26-21/h1-5,7-10,13,15,17,22H,6,11-12,14H2,(H,23,26)(H,24,25). The van der Waals surface area contributed by atoms with Gasteiger partial charge in [0.05, 0.1) is 5.92 Å².